The Morgan fingerprint density at radius 1 is 0.392 bits per heavy atom. The molecule has 0 N–H and O–H groups in total. The number of rotatable bonds is 5. The Morgan fingerprint density at radius 2 is 1.08 bits per heavy atom. The third-order valence-electron chi connectivity index (χ3n) is 9.89. The molecule has 0 atom stereocenters. The van der Waals surface area contributed by atoms with Crippen molar-refractivity contribution in [1.29, 1.82) is 0 Å². The number of fused-ring (bicyclic) bond motifs is 6. The van der Waals surface area contributed by atoms with Crippen LogP contribution in [-0.2, 0) is 0 Å². The highest BCUT2D eigenvalue weighted by Gasteiger charge is 2.16. The van der Waals surface area contributed by atoms with Gasteiger partial charge in [-0.05, 0) is 92.8 Å². The van der Waals surface area contributed by atoms with Crippen LogP contribution in [0.3, 0.4) is 0 Å². The van der Waals surface area contributed by atoms with Crippen molar-refractivity contribution in [2.45, 2.75) is 0 Å². The summed E-state index contributed by atoms with van der Waals surface area (Å²) in [5.41, 5.74) is 11.2. The second-order valence-electron chi connectivity index (χ2n) is 12.9. The quantitative estimate of drug-likeness (QED) is 0.174. The van der Waals surface area contributed by atoms with Crippen molar-refractivity contribution >= 4 is 43.5 Å². The summed E-state index contributed by atoms with van der Waals surface area (Å²) in [6.07, 6.45) is 3.80. The minimum absolute atomic E-state index is 0.829. The first-order chi connectivity index (χ1) is 25.3. The van der Waals surface area contributed by atoms with E-state index in [1.54, 1.807) is 0 Å². The lowest BCUT2D eigenvalue weighted by Crippen LogP contribution is -1.96. The molecular formula is C47H30N4. The van der Waals surface area contributed by atoms with Crippen LogP contribution in [0.25, 0.3) is 94.1 Å². The predicted molar refractivity (Wildman–Crippen MR) is 211 cm³/mol. The van der Waals surface area contributed by atoms with Gasteiger partial charge in [0.2, 0.25) is 0 Å². The number of nitrogens with zero attached hydrogens (tertiary/aromatic N) is 4. The highest BCUT2D eigenvalue weighted by molar-refractivity contribution is 6.14. The van der Waals surface area contributed by atoms with Crippen molar-refractivity contribution in [3.8, 4) is 50.6 Å². The number of hydrogen-bond donors (Lipinski definition) is 0. The Kier molecular flexibility index (Phi) is 6.78. The standard InChI is InChI=1S/C47H30N4/c1-2-11-31(12-3-1)34-22-25-43(49-30-34)45-29-35(42-27-33-13-4-5-14-37(33)38-15-6-7-16-39(38)42)28-44(50-45)32-20-23-36(24-21-32)51-46-19-9-8-17-40(46)41-18-10-26-48-47(41)51/h1-30H. The Morgan fingerprint density at radius 3 is 1.90 bits per heavy atom. The smallest absolute Gasteiger partial charge is 0.145 e. The molecule has 4 nitrogen and oxygen atoms in total. The van der Waals surface area contributed by atoms with Crippen LogP contribution in [0.1, 0.15) is 0 Å². The van der Waals surface area contributed by atoms with E-state index in [1.807, 2.05) is 24.5 Å². The van der Waals surface area contributed by atoms with Gasteiger partial charge in [-0.1, -0.05) is 115 Å². The maximum Gasteiger partial charge on any atom is 0.145 e. The molecule has 0 radical (unpaired) electrons. The fourth-order valence-electron chi connectivity index (χ4n) is 7.44. The zero-order chi connectivity index (χ0) is 33.7. The SMILES string of the molecule is c1ccc(-c2ccc(-c3cc(-c4cc5ccccc5c5ccccc45)cc(-c4ccc(-n5c6ccccc6c6cccnc65)cc4)n3)nc2)cc1. The average molecular weight is 651 g/mol. The van der Waals surface area contributed by atoms with Gasteiger partial charge in [0.1, 0.15) is 5.65 Å². The third-order valence-corrected chi connectivity index (χ3v) is 9.89. The van der Waals surface area contributed by atoms with E-state index < -0.39 is 0 Å². The normalized spacial score (nSPS) is 11.5. The minimum atomic E-state index is 0.829. The number of pyridine rings is 3. The number of hydrogen-bond acceptors (Lipinski definition) is 3. The van der Waals surface area contributed by atoms with Crippen molar-refractivity contribution in [2.24, 2.45) is 0 Å². The van der Waals surface area contributed by atoms with Crippen molar-refractivity contribution in [2.75, 3.05) is 0 Å². The Labute approximate surface area is 295 Å². The molecule has 6 aromatic carbocycles. The van der Waals surface area contributed by atoms with E-state index in [0.717, 1.165) is 61.6 Å². The topological polar surface area (TPSA) is 43.6 Å². The Bertz CT molecular complexity index is 2840. The first kappa shape index (κ1) is 29.0. The van der Waals surface area contributed by atoms with E-state index in [2.05, 4.69) is 162 Å². The van der Waals surface area contributed by atoms with Crippen molar-refractivity contribution in [3.63, 3.8) is 0 Å². The van der Waals surface area contributed by atoms with Crippen LogP contribution in [-0.4, -0.2) is 19.5 Å². The Hall–Kier alpha value is -6.91. The van der Waals surface area contributed by atoms with Gasteiger partial charge in [-0.2, -0.15) is 0 Å². The lowest BCUT2D eigenvalue weighted by molar-refractivity contribution is 1.13. The molecule has 0 aliphatic rings. The summed E-state index contributed by atoms with van der Waals surface area (Å²) in [6.45, 7) is 0. The number of benzene rings is 6. The fraction of sp³-hybridized carbons (Fsp3) is 0. The van der Waals surface area contributed by atoms with Crippen LogP contribution in [0.4, 0.5) is 0 Å². The predicted octanol–water partition coefficient (Wildman–Crippen LogP) is 11.9. The molecule has 238 valence electrons. The summed E-state index contributed by atoms with van der Waals surface area (Å²) in [5.74, 6) is 0. The van der Waals surface area contributed by atoms with E-state index >= 15 is 0 Å². The van der Waals surface area contributed by atoms with Gasteiger partial charge in [-0.3, -0.25) is 9.55 Å². The second kappa shape index (κ2) is 11.9. The van der Waals surface area contributed by atoms with E-state index in [4.69, 9.17) is 15.0 Å². The zero-order valence-electron chi connectivity index (χ0n) is 27.6. The molecule has 4 heterocycles. The molecule has 0 spiro atoms. The van der Waals surface area contributed by atoms with Crippen LogP contribution < -0.4 is 0 Å². The lowest BCUT2D eigenvalue weighted by Gasteiger charge is -2.14. The molecule has 0 bridgehead atoms. The van der Waals surface area contributed by atoms with Gasteiger partial charge in [0.05, 0.1) is 22.6 Å². The molecule has 4 aromatic heterocycles. The highest BCUT2D eigenvalue weighted by atomic mass is 15.0. The molecule has 51 heavy (non-hydrogen) atoms. The van der Waals surface area contributed by atoms with E-state index in [-0.39, 0.29) is 0 Å². The van der Waals surface area contributed by atoms with Gasteiger partial charge < -0.3 is 0 Å². The number of para-hydroxylation sites is 1. The van der Waals surface area contributed by atoms with Crippen molar-refractivity contribution < 1.29 is 0 Å². The molecule has 0 unspecified atom stereocenters. The van der Waals surface area contributed by atoms with Gasteiger partial charge in [-0.15, -0.1) is 0 Å². The maximum atomic E-state index is 5.25. The van der Waals surface area contributed by atoms with Crippen molar-refractivity contribution in [1.82, 2.24) is 19.5 Å². The molecule has 10 rings (SSSR count). The first-order valence-electron chi connectivity index (χ1n) is 17.2. The van der Waals surface area contributed by atoms with Gasteiger partial charge in [-0.25, -0.2) is 9.97 Å². The molecule has 0 aliphatic heterocycles. The summed E-state index contributed by atoms with van der Waals surface area (Å²) >= 11 is 0. The minimum Gasteiger partial charge on any atom is -0.294 e. The van der Waals surface area contributed by atoms with Crippen LogP contribution in [0.2, 0.25) is 0 Å². The summed E-state index contributed by atoms with van der Waals surface area (Å²) in [7, 11) is 0. The first-order valence-corrected chi connectivity index (χ1v) is 17.2. The Balaban J connectivity index is 1.14. The molecular weight excluding hydrogens is 621 g/mol. The van der Waals surface area contributed by atoms with Gasteiger partial charge >= 0.3 is 0 Å². The summed E-state index contributed by atoms with van der Waals surface area (Å²) in [6, 6.07) is 59.9. The molecule has 4 heteroatoms. The lowest BCUT2D eigenvalue weighted by atomic mass is 9.92. The monoisotopic (exact) mass is 650 g/mol. The summed E-state index contributed by atoms with van der Waals surface area (Å²) in [5, 5.41) is 7.24. The fourth-order valence-corrected chi connectivity index (χ4v) is 7.44. The second-order valence-corrected chi connectivity index (χ2v) is 12.9. The van der Waals surface area contributed by atoms with Crippen molar-refractivity contribution in [3.05, 3.63) is 182 Å². The molecule has 0 saturated carbocycles. The van der Waals surface area contributed by atoms with Crippen LogP contribution in [0, 0.1) is 0 Å². The van der Waals surface area contributed by atoms with Gasteiger partial charge in [0, 0.05) is 40.0 Å². The maximum absolute atomic E-state index is 5.25. The summed E-state index contributed by atoms with van der Waals surface area (Å²) in [4.78, 5) is 15.0. The van der Waals surface area contributed by atoms with Crippen LogP contribution >= 0.6 is 0 Å². The van der Waals surface area contributed by atoms with Crippen LogP contribution in [0.5, 0.6) is 0 Å². The van der Waals surface area contributed by atoms with Gasteiger partial charge in [0.15, 0.2) is 0 Å². The average Bonchev–Trinajstić information content (AvgIpc) is 3.55. The molecule has 0 fully saturated rings. The summed E-state index contributed by atoms with van der Waals surface area (Å²) < 4.78 is 2.24. The van der Waals surface area contributed by atoms with E-state index in [1.165, 1.54) is 32.5 Å². The largest absolute Gasteiger partial charge is 0.294 e. The van der Waals surface area contributed by atoms with Crippen LogP contribution in [0.15, 0.2) is 182 Å². The zero-order valence-corrected chi connectivity index (χ0v) is 27.6. The molecule has 0 aliphatic carbocycles. The third kappa shape index (κ3) is 4.96. The molecule has 0 saturated heterocycles. The van der Waals surface area contributed by atoms with E-state index in [0.29, 0.717) is 0 Å². The highest BCUT2D eigenvalue weighted by Crippen LogP contribution is 2.38. The molecule has 10 aromatic rings. The molecule has 0 amide bonds. The van der Waals surface area contributed by atoms with Gasteiger partial charge in [0.25, 0.3) is 0 Å². The number of aromatic nitrogens is 4. The van der Waals surface area contributed by atoms with E-state index in [9.17, 15) is 0 Å².